The van der Waals surface area contributed by atoms with Crippen LogP contribution in [0.3, 0.4) is 0 Å². The van der Waals surface area contributed by atoms with Crippen molar-refractivity contribution in [3.8, 4) is 11.6 Å². The topological polar surface area (TPSA) is 78.8 Å². The number of benzene rings is 1. The summed E-state index contributed by atoms with van der Waals surface area (Å²) in [6.07, 6.45) is -6.51. The maximum Gasteiger partial charge on any atom is 0.433 e. The highest BCUT2D eigenvalue weighted by Crippen LogP contribution is 2.59. The smallest absolute Gasteiger partial charge is 0.433 e. The summed E-state index contributed by atoms with van der Waals surface area (Å²) in [6, 6.07) is 7.27. The number of alkyl halides is 6. The fourth-order valence-electron chi connectivity index (χ4n) is 4.64. The molecule has 0 saturated heterocycles. The van der Waals surface area contributed by atoms with Crippen LogP contribution in [-0.2, 0) is 17.8 Å². The van der Waals surface area contributed by atoms with E-state index in [-0.39, 0.29) is 35.7 Å². The van der Waals surface area contributed by atoms with E-state index < -0.39 is 34.7 Å². The lowest BCUT2D eigenvalue weighted by molar-refractivity contribution is -0.143. The second kappa shape index (κ2) is 7.59. The minimum atomic E-state index is -4.93. The lowest BCUT2D eigenvalue weighted by atomic mass is 9.85. The zero-order chi connectivity index (χ0) is 25.2. The number of hydrogen-bond acceptors (Lipinski definition) is 5. The predicted molar refractivity (Wildman–Crippen MR) is 114 cm³/mol. The third kappa shape index (κ3) is 3.55. The molecule has 35 heavy (non-hydrogen) atoms. The molecule has 0 aliphatic heterocycles. The van der Waals surface area contributed by atoms with Gasteiger partial charge in [0.05, 0.1) is 19.0 Å². The summed E-state index contributed by atoms with van der Waals surface area (Å²) in [5.41, 5.74) is 0.781. The van der Waals surface area contributed by atoms with Crippen LogP contribution in [-0.4, -0.2) is 26.9 Å². The van der Waals surface area contributed by atoms with Crippen molar-refractivity contribution in [3.05, 3.63) is 71.4 Å². The van der Waals surface area contributed by atoms with Gasteiger partial charge < -0.3 is 10.5 Å². The van der Waals surface area contributed by atoms with Gasteiger partial charge in [0.1, 0.15) is 0 Å². The van der Waals surface area contributed by atoms with E-state index in [1.165, 1.54) is 31.5 Å². The molecule has 1 fully saturated rings. The maximum absolute atomic E-state index is 14.5. The van der Waals surface area contributed by atoms with Crippen molar-refractivity contribution in [2.24, 2.45) is 0 Å². The molecule has 1 saturated carbocycles. The van der Waals surface area contributed by atoms with Crippen molar-refractivity contribution < 1.29 is 31.1 Å². The molecule has 0 unspecified atom stereocenters. The van der Waals surface area contributed by atoms with Crippen molar-refractivity contribution in [2.75, 3.05) is 12.8 Å². The van der Waals surface area contributed by atoms with Gasteiger partial charge in [-0.05, 0) is 37.1 Å². The molecule has 0 radical (unpaired) electrons. The van der Waals surface area contributed by atoms with Crippen LogP contribution in [0.4, 0.5) is 32.0 Å². The Balaban J connectivity index is 1.78. The number of nitrogens with zero attached hydrogens (tertiary/aromatic N) is 4. The second-order valence-electron chi connectivity index (χ2n) is 8.21. The number of rotatable bonds is 4. The highest BCUT2D eigenvalue weighted by Gasteiger charge is 2.57. The normalized spacial score (nSPS) is 15.4. The van der Waals surface area contributed by atoms with Gasteiger partial charge in [-0.25, -0.2) is 9.67 Å². The Labute approximate surface area is 194 Å². The largest absolute Gasteiger partial charge is 0.481 e. The Bertz CT molecular complexity index is 1440. The van der Waals surface area contributed by atoms with E-state index in [9.17, 15) is 26.3 Å². The Kier molecular flexibility index (Phi) is 4.97. The molecule has 1 aromatic carbocycles. The van der Waals surface area contributed by atoms with E-state index in [2.05, 4.69) is 15.1 Å². The van der Waals surface area contributed by atoms with Crippen LogP contribution in [0.5, 0.6) is 5.88 Å². The van der Waals surface area contributed by atoms with E-state index in [1.54, 1.807) is 6.07 Å². The van der Waals surface area contributed by atoms with Gasteiger partial charge in [-0.1, -0.05) is 6.07 Å². The number of halogens is 6. The van der Waals surface area contributed by atoms with Crippen LogP contribution in [0.1, 0.15) is 35.4 Å². The van der Waals surface area contributed by atoms with Gasteiger partial charge in [-0.15, -0.1) is 0 Å². The van der Waals surface area contributed by atoms with Gasteiger partial charge in [0.2, 0.25) is 5.88 Å². The number of pyridine rings is 2. The van der Waals surface area contributed by atoms with E-state index in [0.29, 0.717) is 15.5 Å². The first kappa shape index (κ1) is 22.9. The summed E-state index contributed by atoms with van der Waals surface area (Å²) >= 11 is 0. The third-order valence-corrected chi connectivity index (χ3v) is 6.20. The number of nitrogens with two attached hydrogens (primary N) is 1. The molecule has 0 spiro atoms. The lowest BCUT2D eigenvalue weighted by Crippen LogP contribution is -2.24. The van der Waals surface area contributed by atoms with E-state index in [4.69, 9.17) is 10.5 Å². The molecule has 1 aliphatic carbocycles. The SMILES string of the molecule is COc1nccc2c(-n3ncc(C4(c5c(N)ccnc5C(F)(F)F)CC4)c3C(F)(F)F)cccc12. The first-order valence-corrected chi connectivity index (χ1v) is 10.4. The predicted octanol–water partition coefficient (Wildman–Crippen LogP) is 5.52. The van der Waals surface area contributed by atoms with E-state index >= 15 is 0 Å². The van der Waals surface area contributed by atoms with Crippen LogP contribution in [0.15, 0.2) is 48.9 Å². The highest BCUT2D eigenvalue weighted by molar-refractivity contribution is 5.93. The standard InChI is InChI=1S/C23H17F6N5O/c1-35-20-13-3-2-4-16(12(13)5-9-32-20)34-19(23(27,28)29)14(11-33-34)21(7-8-21)17-15(30)6-10-31-18(17)22(24,25)26/h2-6,9-11H,7-8H2,1H3,(H2,30,31). The number of ether oxygens (including phenoxy) is 1. The Morgan fingerprint density at radius 3 is 2.29 bits per heavy atom. The van der Waals surface area contributed by atoms with Crippen molar-refractivity contribution in [3.63, 3.8) is 0 Å². The molecule has 3 heterocycles. The van der Waals surface area contributed by atoms with Crippen LogP contribution in [0.2, 0.25) is 0 Å². The van der Waals surface area contributed by atoms with Gasteiger partial charge in [-0.3, -0.25) is 4.98 Å². The van der Waals surface area contributed by atoms with Crippen molar-refractivity contribution >= 4 is 16.5 Å². The van der Waals surface area contributed by atoms with E-state index in [0.717, 1.165) is 18.5 Å². The van der Waals surface area contributed by atoms with Crippen LogP contribution in [0, 0.1) is 0 Å². The van der Waals surface area contributed by atoms with Crippen LogP contribution in [0.25, 0.3) is 16.5 Å². The number of methoxy groups -OCH3 is 1. The minimum Gasteiger partial charge on any atom is -0.481 e. The van der Waals surface area contributed by atoms with Gasteiger partial charge in [-0.2, -0.15) is 31.4 Å². The third-order valence-electron chi connectivity index (χ3n) is 6.20. The first-order chi connectivity index (χ1) is 16.5. The molecule has 0 bridgehead atoms. The molecule has 0 amide bonds. The number of aromatic nitrogens is 4. The molecule has 4 aromatic rings. The first-order valence-electron chi connectivity index (χ1n) is 10.4. The number of fused-ring (bicyclic) bond motifs is 1. The Morgan fingerprint density at radius 2 is 1.66 bits per heavy atom. The maximum atomic E-state index is 14.5. The summed E-state index contributed by atoms with van der Waals surface area (Å²) in [6.45, 7) is 0. The van der Waals surface area contributed by atoms with Gasteiger partial charge in [0.25, 0.3) is 0 Å². The fraction of sp³-hybridized carbons (Fsp3) is 0.261. The Morgan fingerprint density at radius 1 is 0.943 bits per heavy atom. The quantitative estimate of drug-likeness (QED) is 0.379. The van der Waals surface area contributed by atoms with Crippen LogP contribution < -0.4 is 10.5 Å². The summed E-state index contributed by atoms with van der Waals surface area (Å²) in [4.78, 5) is 7.49. The van der Waals surface area contributed by atoms with Crippen molar-refractivity contribution in [1.29, 1.82) is 0 Å². The summed E-state index contributed by atoms with van der Waals surface area (Å²) in [5, 5.41) is 4.83. The zero-order valence-electron chi connectivity index (χ0n) is 18.1. The number of anilines is 1. The summed E-state index contributed by atoms with van der Waals surface area (Å²) in [7, 11) is 1.38. The van der Waals surface area contributed by atoms with Crippen molar-refractivity contribution in [1.82, 2.24) is 19.7 Å². The summed E-state index contributed by atoms with van der Waals surface area (Å²) in [5.74, 6) is 0.210. The molecule has 6 nitrogen and oxygen atoms in total. The van der Waals surface area contributed by atoms with Gasteiger partial charge >= 0.3 is 12.4 Å². The Hall–Kier alpha value is -3.83. The molecule has 0 atom stereocenters. The fourth-order valence-corrected chi connectivity index (χ4v) is 4.64. The summed E-state index contributed by atoms with van der Waals surface area (Å²) < 4.78 is 90.8. The molecular weight excluding hydrogens is 476 g/mol. The van der Waals surface area contributed by atoms with Crippen molar-refractivity contribution in [2.45, 2.75) is 30.6 Å². The molecule has 182 valence electrons. The molecular formula is C23H17F6N5O. The molecule has 5 rings (SSSR count). The second-order valence-corrected chi connectivity index (χ2v) is 8.21. The monoisotopic (exact) mass is 493 g/mol. The van der Waals surface area contributed by atoms with Gasteiger partial charge in [0, 0.05) is 45.4 Å². The van der Waals surface area contributed by atoms with Crippen LogP contribution >= 0.6 is 0 Å². The average molecular weight is 493 g/mol. The minimum absolute atomic E-state index is 0.0357. The molecule has 1 aliphatic rings. The molecule has 2 N–H and O–H groups in total. The van der Waals surface area contributed by atoms with E-state index in [1.807, 2.05) is 0 Å². The number of hydrogen-bond donors (Lipinski definition) is 1. The lowest BCUT2D eigenvalue weighted by Gasteiger charge is -2.23. The number of nitrogen functional groups attached to an aromatic ring is 1. The van der Waals surface area contributed by atoms with Gasteiger partial charge in [0.15, 0.2) is 11.4 Å². The molecule has 3 aromatic heterocycles. The highest BCUT2D eigenvalue weighted by atomic mass is 19.4. The average Bonchev–Trinajstić information content (AvgIpc) is 3.46. The molecule has 12 heteroatoms. The zero-order valence-corrected chi connectivity index (χ0v) is 18.1.